The number of unbranched alkanes of at least 4 members (excludes halogenated alkanes) is 1. The predicted molar refractivity (Wildman–Crippen MR) is 126 cm³/mol. The first-order valence-electron chi connectivity index (χ1n) is 10.6. The Balaban J connectivity index is 2.03. The molecule has 2 aromatic carbocycles. The van der Waals surface area contributed by atoms with E-state index >= 15 is 0 Å². The monoisotopic (exact) mass is 449 g/mol. The summed E-state index contributed by atoms with van der Waals surface area (Å²) >= 11 is 0. The molecule has 0 unspecified atom stereocenters. The number of fused-ring (bicyclic) bond motifs is 1. The summed E-state index contributed by atoms with van der Waals surface area (Å²) in [6.45, 7) is 7.28. The van der Waals surface area contributed by atoms with E-state index in [0.717, 1.165) is 36.2 Å². The van der Waals surface area contributed by atoms with Crippen molar-refractivity contribution in [2.24, 2.45) is 10.2 Å². The molecule has 9 heteroatoms. The van der Waals surface area contributed by atoms with Gasteiger partial charge in [-0.05, 0) is 51.3 Å². The summed E-state index contributed by atoms with van der Waals surface area (Å²) in [7, 11) is 1.56. The lowest BCUT2D eigenvalue weighted by molar-refractivity contribution is -0.384. The van der Waals surface area contributed by atoms with Gasteiger partial charge in [-0.25, -0.2) is 0 Å². The molecule has 0 aromatic heterocycles. The molecule has 1 aliphatic heterocycles. The molecule has 0 bridgehead atoms. The van der Waals surface area contributed by atoms with Gasteiger partial charge >= 0.3 is 0 Å². The van der Waals surface area contributed by atoms with Crippen LogP contribution < -0.4 is 9.64 Å². The van der Waals surface area contributed by atoms with Crippen molar-refractivity contribution in [3.63, 3.8) is 0 Å². The van der Waals surface area contributed by atoms with Crippen molar-refractivity contribution in [1.29, 1.82) is 5.26 Å². The second-order valence-electron chi connectivity index (χ2n) is 8.37. The van der Waals surface area contributed by atoms with Gasteiger partial charge in [0.15, 0.2) is 0 Å². The SMILES string of the molecule is COc1cc2c(cc1/N=N/c1ccc([N+](=O)[O-])cc1C#N)C(C)=CC(C)(C)N2CCCCO. The van der Waals surface area contributed by atoms with Gasteiger partial charge in [-0.1, -0.05) is 6.08 Å². The van der Waals surface area contributed by atoms with Crippen LogP contribution >= 0.6 is 0 Å². The number of methoxy groups -OCH3 is 1. The van der Waals surface area contributed by atoms with Crippen LogP contribution in [0.4, 0.5) is 22.7 Å². The average Bonchev–Trinajstić information content (AvgIpc) is 2.78. The first-order valence-corrected chi connectivity index (χ1v) is 10.6. The maximum Gasteiger partial charge on any atom is 0.270 e. The minimum absolute atomic E-state index is 0.0674. The maximum absolute atomic E-state index is 11.0. The third-order valence-corrected chi connectivity index (χ3v) is 5.64. The lowest BCUT2D eigenvalue weighted by atomic mass is 9.88. The zero-order valence-corrected chi connectivity index (χ0v) is 19.2. The van der Waals surface area contributed by atoms with E-state index in [4.69, 9.17) is 4.74 Å². The van der Waals surface area contributed by atoms with Crippen LogP contribution in [0.25, 0.3) is 5.57 Å². The van der Waals surface area contributed by atoms with E-state index in [9.17, 15) is 20.5 Å². The van der Waals surface area contributed by atoms with Crippen LogP contribution in [-0.2, 0) is 0 Å². The number of non-ortho nitro benzene ring substituents is 1. The number of nitrogens with zero attached hydrogens (tertiary/aromatic N) is 5. The molecule has 0 spiro atoms. The number of aliphatic hydroxyl groups is 1. The standard InChI is InChI=1S/C24H27N5O4/c1-16-14-24(2,3)28(9-5-6-10-30)22-13-23(33-4)21(12-19(16)22)27-26-20-8-7-18(29(31)32)11-17(20)15-25/h7-8,11-14,30H,5-6,9-10H2,1-4H3/b27-26+. The van der Waals surface area contributed by atoms with Gasteiger partial charge in [-0.15, -0.1) is 10.2 Å². The van der Waals surface area contributed by atoms with E-state index < -0.39 is 4.92 Å². The Labute approximate surface area is 192 Å². The average molecular weight is 450 g/mol. The number of rotatable bonds is 8. The third-order valence-electron chi connectivity index (χ3n) is 5.64. The van der Waals surface area contributed by atoms with E-state index in [1.165, 1.54) is 18.2 Å². The fourth-order valence-corrected chi connectivity index (χ4v) is 4.05. The van der Waals surface area contributed by atoms with Gasteiger partial charge in [0.1, 0.15) is 23.2 Å². The number of hydrogen-bond donors (Lipinski definition) is 1. The first kappa shape index (κ1) is 23.9. The molecule has 3 rings (SSSR count). The highest BCUT2D eigenvalue weighted by Crippen LogP contribution is 2.45. The number of allylic oxidation sites excluding steroid dienone is 1. The molecule has 0 saturated carbocycles. The molecule has 0 aliphatic carbocycles. The lowest BCUT2D eigenvalue weighted by Crippen LogP contribution is -2.45. The Morgan fingerprint density at radius 1 is 1.21 bits per heavy atom. The van der Waals surface area contributed by atoms with Crippen molar-refractivity contribution in [2.45, 2.75) is 39.2 Å². The summed E-state index contributed by atoms with van der Waals surface area (Å²) in [6, 6.07) is 9.63. The minimum atomic E-state index is -0.558. The van der Waals surface area contributed by atoms with Crippen molar-refractivity contribution in [2.75, 3.05) is 25.2 Å². The Bertz CT molecular complexity index is 1160. The van der Waals surface area contributed by atoms with Crippen LogP contribution in [-0.4, -0.2) is 35.8 Å². The van der Waals surface area contributed by atoms with Crippen molar-refractivity contribution < 1.29 is 14.8 Å². The quantitative estimate of drug-likeness (QED) is 0.240. The number of nitro benzene ring substituents is 1. The molecule has 0 fully saturated rings. The van der Waals surface area contributed by atoms with Gasteiger partial charge in [0, 0.05) is 42.6 Å². The van der Waals surface area contributed by atoms with Crippen LogP contribution in [0.2, 0.25) is 0 Å². The highest BCUT2D eigenvalue weighted by Gasteiger charge is 2.32. The fraction of sp³-hybridized carbons (Fsp3) is 0.375. The molecule has 0 radical (unpaired) electrons. The van der Waals surface area contributed by atoms with Gasteiger partial charge in [0.2, 0.25) is 0 Å². The van der Waals surface area contributed by atoms with E-state index in [2.05, 4.69) is 35.1 Å². The highest BCUT2D eigenvalue weighted by atomic mass is 16.6. The van der Waals surface area contributed by atoms with E-state index in [0.29, 0.717) is 11.4 Å². The van der Waals surface area contributed by atoms with Crippen LogP contribution in [0, 0.1) is 21.4 Å². The zero-order valence-electron chi connectivity index (χ0n) is 19.2. The summed E-state index contributed by atoms with van der Waals surface area (Å²) in [5, 5.41) is 38.0. The van der Waals surface area contributed by atoms with Crippen molar-refractivity contribution in [1.82, 2.24) is 0 Å². The van der Waals surface area contributed by atoms with Crippen molar-refractivity contribution >= 4 is 28.3 Å². The second kappa shape index (κ2) is 9.79. The number of ether oxygens (including phenoxy) is 1. The van der Waals surface area contributed by atoms with Crippen molar-refractivity contribution in [3.05, 3.63) is 57.6 Å². The molecule has 172 valence electrons. The molecule has 33 heavy (non-hydrogen) atoms. The number of hydrogen-bond acceptors (Lipinski definition) is 8. The number of nitro groups is 1. The maximum atomic E-state index is 11.0. The van der Waals surface area contributed by atoms with E-state index in [-0.39, 0.29) is 29.1 Å². The van der Waals surface area contributed by atoms with Gasteiger partial charge in [-0.2, -0.15) is 5.26 Å². The Kier molecular flexibility index (Phi) is 7.09. The summed E-state index contributed by atoms with van der Waals surface area (Å²) in [5.41, 5.74) is 3.52. The summed E-state index contributed by atoms with van der Waals surface area (Å²) in [5.74, 6) is 0.524. The van der Waals surface area contributed by atoms with Crippen molar-refractivity contribution in [3.8, 4) is 11.8 Å². The Hall–Kier alpha value is -3.77. The largest absolute Gasteiger partial charge is 0.494 e. The molecule has 9 nitrogen and oxygen atoms in total. The molecule has 2 aromatic rings. The summed E-state index contributed by atoms with van der Waals surface area (Å²) in [6.07, 6.45) is 3.78. The Morgan fingerprint density at radius 2 is 1.94 bits per heavy atom. The topological polar surface area (TPSA) is 124 Å². The highest BCUT2D eigenvalue weighted by molar-refractivity contribution is 5.85. The number of benzene rings is 2. The lowest BCUT2D eigenvalue weighted by Gasteiger charge is -2.43. The molecule has 0 amide bonds. The van der Waals surface area contributed by atoms with Crippen LogP contribution in [0.3, 0.4) is 0 Å². The normalized spacial score (nSPS) is 14.5. The molecule has 1 N–H and O–H groups in total. The van der Waals surface area contributed by atoms with Gasteiger partial charge in [0.25, 0.3) is 5.69 Å². The van der Waals surface area contributed by atoms with Crippen LogP contribution in [0.15, 0.2) is 46.6 Å². The van der Waals surface area contributed by atoms with E-state index in [1.54, 1.807) is 7.11 Å². The summed E-state index contributed by atoms with van der Waals surface area (Å²) < 4.78 is 5.59. The molecular weight excluding hydrogens is 422 g/mol. The second-order valence-corrected chi connectivity index (χ2v) is 8.37. The molecule has 1 aliphatic rings. The summed E-state index contributed by atoms with van der Waals surface area (Å²) in [4.78, 5) is 12.7. The number of nitriles is 1. The van der Waals surface area contributed by atoms with Crippen LogP contribution in [0.5, 0.6) is 5.75 Å². The molecule has 0 atom stereocenters. The predicted octanol–water partition coefficient (Wildman–Crippen LogP) is 5.66. The molecular formula is C24H27N5O4. The number of anilines is 1. The fourth-order valence-electron chi connectivity index (χ4n) is 4.05. The van der Waals surface area contributed by atoms with Gasteiger partial charge in [0.05, 0.1) is 23.1 Å². The van der Waals surface area contributed by atoms with Gasteiger partial charge in [-0.3, -0.25) is 10.1 Å². The third kappa shape index (κ3) is 5.02. The zero-order chi connectivity index (χ0) is 24.2. The van der Waals surface area contributed by atoms with E-state index in [1.807, 2.05) is 25.1 Å². The van der Waals surface area contributed by atoms with Crippen LogP contribution in [0.1, 0.15) is 44.7 Å². The molecule has 0 saturated heterocycles. The molecule has 1 heterocycles. The number of azo groups is 1. The number of aliphatic hydroxyl groups excluding tert-OH is 1. The van der Waals surface area contributed by atoms with Gasteiger partial charge < -0.3 is 14.7 Å². The first-order chi connectivity index (χ1) is 15.7. The minimum Gasteiger partial charge on any atom is -0.494 e. The smallest absolute Gasteiger partial charge is 0.270 e. The Morgan fingerprint density at radius 3 is 2.58 bits per heavy atom.